The zero-order valence-corrected chi connectivity index (χ0v) is 11.9. The third kappa shape index (κ3) is 6.36. The van der Waals surface area contributed by atoms with E-state index in [-0.39, 0.29) is 5.91 Å². The van der Waals surface area contributed by atoms with Crippen LogP contribution in [-0.2, 0) is 4.74 Å². The minimum Gasteiger partial charge on any atom is -0.378 e. The average molecular weight is 264 g/mol. The summed E-state index contributed by atoms with van der Waals surface area (Å²) in [6.07, 6.45) is 0. The molecule has 1 amide bonds. The van der Waals surface area contributed by atoms with Crippen molar-refractivity contribution in [3.8, 4) is 0 Å². The first-order valence-electron chi connectivity index (χ1n) is 6.91. The van der Waals surface area contributed by atoms with Gasteiger partial charge in [-0.1, -0.05) is 32.0 Å². The number of carbonyl (C=O) groups excluding carboxylic acids is 1. The van der Waals surface area contributed by atoms with Gasteiger partial charge in [0.05, 0.1) is 13.2 Å². The maximum atomic E-state index is 11.7. The van der Waals surface area contributed by atoms with Crippen LogP contribution in [0.15, 0.2) is 30.3 Å². The second-order valence-electron chi connectivity index (χ2n) is 4.26. The lowest BCUT2D eigenvalue weighted by molar-refractivity contribution is 0.0884. The minimum absolute atomic E-state index is 0.0482. The Morgan fingerprint density at radius 1 is 1.16 bits per heavy atom. The third-order valence-corrected chi connectivity index (χ3v) is 3.01. The number of hydrogen-bond acceptors (Lipinski definition) is 3. The van der Waals surface area contributed by atoms with Crippen LogP contribution in [-0.4, -0.2) is 50.2 Å². The Balaban J connectivity index is 2.07. The Labute approximate surface area is 115 Å². The number of likely N-dealkylation sites (N-methyl/N-ethyl adjacent to an activating group) is 1. The topological polar surface area (TPSA) is 41.6 Å². The molecular weight excluding hydrogens is 240 g/mol. The van der Waals surface area contributed by atoms with Crippen LogP contribution in [0.3, 0.4) is 0 Å². The molecule has 0 fully saturated rings. The molecule has 1 rings (SSSR count). The predicted octanol–water partition coefficient (Wildman–Crippen LogP) is 1.77. The highest BCUT2D eigenvalue weighted by molar-refractivity contribution is 5.94. The quantitative estimate of drug-likeness (QED) is 0.691. The van der Waals surface area contributed by atoms with E-state index in [1.165, 1.54) is 0 Å². The largest absolute Gasteiger partial charge is 0.378 e. The van der Waals surface area contributed by atoms with Gasteiger partial charge >= 0.3 is 0 Å². The molecule has 1 aromatic carbocycles. The molecule has 0 saturated carbocycles. The van der Waals surface area contributed by atoms with Crippen molar-refractivity contribution in [1.82, 2.24) is 10.2 Å². The molecule has 0 heterocycles. The van der Waals surface area contributed by atoms with Gasteiger partial charge in [0.25, 0.3) is 5.91 Å². The molecule has 0 bridgehead atoms. The van der Waals surface area contributed by atoms with Crippen LogP contribution in [0.1, 0.15) is 24.2 Å². The van der Waals surface area contributed by atoms with Crippen molar-refractivity contribution in [1.29, 1.82) is 0 Å². The van der Waals surface area contributed by atoms with Crippen molar-refractivity contribution in [2.24, 2.45) is 0 Å². The highest BCUT2D eigenvalue weighted by atomic mass is 16.5. The summed E-state index contributed by atoms with van der Waals surface area (Å²) in [5.41, 5.74) is 0.686. The van der Waals surface area contributed by atoms with Crippen molar-refractivity contribution >= 4 is 5.91 Å². The van der Waals surface area contributed by atoms with E-state index >= 15 is 0 Å². The molecule has 1 aromatic rings. The van der Waals surface area contributed by atoms with E-state index in [0.717, 1.165) is 19.6 Å². The fourth-order valence-electron chi connectivity index (χ4n) is 1.76. The van der Waals surface area contributed by atoms with Crippen LogP contribution in [0.4, 0.5) is 0 Å². The van der Waals surface area contributed by atoms with Crippen LogP contribution in [0, 0.1) is 0 Å². The molecular formula is C15H24N2O2. The highest BCUT2D eigenvalue weighted by Crippen LogP contribution is 1.97. The summed E-state index contributed by atoms with van der Waals surface area (Å²) >= 11 is 0. The zero-order valence-electron chi connectivity index (χ0n) is 11.9. The van der Waals surface area contributed by atoms with Gasteiger partial charge < -0.3 is 15.0 Å². The van der Waals surface area contributed by atoms with Gasteiger partial charge in [-0.05, 0) is 25.2 Å². The van der Waals surface area contributed by atoms with E-state index in [2.05, 4.69) is 24.1 Å². The molecule has 0 aliphatic carbocycles. The van der Waals surface area contributed by atoms with E-state index in [9.17, 15) is 4.79 Å². The number of rotatable bonds is 9. The van der Waals surface area contributed by atoms with Gasteiger partial charge in [0.1, 0.15) is 0 Å². The molecule has 0 spiro atoms. The molecule has 19 heavy (non-hydrogen) atoms. The summed E-state index contributed by atoms with van der Waals surface area (Å²) in [4.78, 5) is 14.0. The van der Waals surface area contributed by atoms with Crippen LogP contribution in [0.2, 0.25) is 0 Å². The Hall–Kier alpha value is -1.39. The lowest BCUT2D eigenvalue weighted by Gasteiger charge is -2.17. The van der Waals surface area contributed by atoms with Crippen LogP contribution in [0.5, 0.6) is 0 Å². The Morgan fingerprint density at radius 2 is 1.84 bits per heavy atom. The molecule has 0 radical (unpaired) electrons. The second-order valence-corrected chi connectivity index (χ2v) is 4.26. The fourth-order valence-corrected chi connectivity index (χ4v) is 1.76. The first kappa shape index (κ1) is 15.7. The fraction of sp³-hybridized carbons (Fsp3) is 0.533. The molecule has 0 saturated heterocycles. The molecule has 1 N–H and O–H groups in total. The summed E-state index contributed by atoms with van der Waals surface area (Å²) in [7, 11) is 0. The Kier molecular flexibility index (Phi) is 7.86. The standard InChI is InChI=1S/C15H24N2O2/c1-3-17(4-2)11-13-19-12-10-16-15(18)14-8-6-5-7-9-14/h5-9H,3-4,10-13H2,1-2H3,(H,16,18). The summed E-state index contributed by atoms with van der Waals surface area (Å²) < 4.78 is 5.50. The summed E-state index contributed by atoms with van der Waals surface area (Å²) in [6.45, 7) is 9.14. The van der Waals surface area contributed by atoms with E-state index in [1.807, 2.05) is 18.2 Å². The van der Waals surface area contributed by atoms with Crippen LogP contribution < -0.4 is 5.32 Å². The molecule has 0 aliphatic heterocycles. The monoisotopic (exact) mass is 264 g/mol. The van der Waals surface area contributed by atoms with Gasteiger partial charge in [-0.2, -0.15) is 0 Å². The van der Waals surface area contributed by atoms with Crippen molar-refractivity contribution in [2.45, 2.75) is 13.8 Å². The number of hydrogen-bond donors (Lipinski definition) is 1. The highest BCUT2D eigenvalue weighted by Gasteiger charge is 2.03. The molecule has 0 aromatic heterocycles. The molecule has 0 unspecified atom stereocenters. The maximum Gasteiger partial charge on any atom is 0.251 e. The molecule has 4 heteroatoms. The van der Waals surface area contributed by atoms with E-state index in [4.69, 9.17) is 4.74 Å². The first-order valence-corrected chi connectivity index (χ1v) is 6.91. The van der Waals surface area contributed by atoms with Crippen LogP contribution in [0.25, 0.3) is 0 Å². The third-order valence-electron chi connectivity index (χ3n) is 3.01. The minimum atomic E-state index is -0.0482. The van der Waals surface area contributed by atoms with Crippen LogP contribution >= 0.6 is 0 Å². The maximum absolute atomic E-state index is 11.7. The number of nitrogens with one attached hydrogen (secondary N) is 1. The lowest BCUT2D eigenvalue weighted by atomic mass is 10.2. The van der Waals surface area contributed by atoms with Crippen molar-refractivity contribution in [2.75, 3.05) is 39.4 Å². The molecule has 106 valence electrons. The second kappa shape index (κ2) is 9.53. The van der Waals surface area contributed by atoms with Crippen molar-refractivity contribution in [3.05, 3.63) is 35.9 Å². The smallest absolute Gasteiger partial charge is 0.251 e. The van der Waals surface area contributed by atoms with Gasteiger partial charge in [0, 0.05) is 18.7 Å². The van der Waals surface area contributed by atoms with Crippen molar-refractivity contribution in [3.63, 3.8) is 0 Å². The number of benzene rings is 1. The summed E-state index contributed by atoms with van der Waals surface area (Å²) in [6, 6.07) is 9.21. The molecule has 0 atom stereocenters. The van der Waals surface area contributed by atoms with E-state index < -0.39 is 0 Å². The van der Waals surface area contributed by atoms with Gasteiger partial charge in [0.15, 0.2) is 0 Å². The van der Waals surface area contributed by atoms with E-state index in [0.29, 0.717) is 25.3 Å². The average Bonchev–Trinajstić information content (AvgIpc) is 2.47. The normalized spacial score (nSPS) is 10.7. The van der Waals surface area contributed by atoms with Gasteiger partial charge in [-0.25, -0.2) is 0 Å². The Morgan fingerprint density at radius 3 is 2.47 bits per heavy atom. The summed E-state index contributed by atoms with van der Waals surface area (Å²) in [5.74, 6) is -0.0482. The summed E-state index contributed by atoms with van der Waals surface area (Å²) in [5, 5.41) is 2.84. The van der Waals surface area contributed by atoms with Gasteiger partial charge in [0.2, 0.25) is 0 Å². The zero-order chi connectivity index (χ0) is 13.9. The Bertz CT molecular complexity index is 350. The lowest BCUT2D eigenvalue weighted by Crippen LogP contribution is -2.30. The molecule has 4 nitrogen and oxygen atoms in total. The first-order chi connectivity index (χ1) is 9.27. The molecule has 0 aliphatic rings. The number of amides is 1. The van der Waals surface area contributed by atoms with Crippen molar-refractivity contribution < 1.29 is 9.53 Å². The van der Waals surface area contributed by atoms with E-state index in [1.54, 1.807) is 12.1 Å². The number of carbonyl (C=O) groups is 1. The SMILES string of the molecule is CCN(CC)CCOCCNC(=O)c1ccccc1. The number of ether oxygens (including phenoxy) is 1. The van der Waals surface area contributed by atoms with Gasteiger partial charge in [-0.3, -0.25) is 4.79 Å². The predicted molar refractivity (Wildman–Crippen MR) is 77.4 cm³/mol. The van der Waals surface area contributed by atoms with Gasteiger partial charge in [-0.15, -0.1) is 0 Å². The number of nitrogens with zero attached hydrogens (tertiary/aromatic N) is 1.